The van der Waals surface area contributed by atoms with E-state index in [4.69, 9.17) is 9.47 Å². The second kappa shape index (κ2) is 12.9. The van der Waals surface area contributed by atoms with Gasteiger partial charge in [0.1, 0.15) is 18.1 Å². The molecule has 34 heavy (non-hydrogen) atoms. The van der Waals surface area contributed by atoms with Gasteiger partial charge < -0.3 is 14.8 Å². The zero-order valence-corrected chi connectivity index (χ0v) is 21.0. The first-order valence-electron chi connectivity index (χ1n) is 10.9. The van der Waals surface area contributed by atoms with Gasteiger partial charge in [-0.25, -0.2) is 0 Å². The van der Waals surface area contributed by atoms with Crippen molar-refractivity contribution in [1.29, 1.82) is 0 Å². The van der Waals surface area contributed by atoms with Gasteiger partial charge in [-0.1, -0.05) is 36.4 Å². The Kier molecular flexibility index (Phi) is 9.63. The zero-order valence-electron chi connectivity index (χ0n) is 18.9. The predicted molar refractivity (Wildman–Crippen MR) is 138 cm³/mol. The average molecular weight is 571 g/mol. The van der Waals surface area contributed by atoms with Crippen LogP contribution in [0.25, 0.3) is 0 Å². The van der Waals surface area contributed by atoms with Crippen molar-refractivity contribution in [2.24, 2.45) is 0 Å². The third kappa shape index (κ3) is 7.98. The highest BCUT2D eigenvalue weighted by Crippen LogP contribution is 2.18. The minimum atomic E-state index is -0.418. The number of benzene rings is 3. The molecule has 0 aromatic heterocycles. The largest absolute Gasteiger partial charge is 0.497 e. The van der Waals surface area contributed by atoms with E-state index in [1.807, 2.05) is 48.5 Å². The molecule has 0 heterocycles. The lowest BCUT2D eigenvalue weighted by atomic mass is 10.1. The standard InChI is InChI=1S/C27H26INO5/c1-33-24-14-9-19(10-15-24)8-13-22(30)17-29-27(32)25-4-2-3-5-26(25)34-18-23(31)16-20-6-11-21(28)12-7-20/h2-7,9-12,14-15H,8,13,16-18H2,1H3,(H,29,32). The van der Waals surface area contributed by atoms with E-state index in [1.165, 1.54) is 0 Å². The van der Waals surface area contributed by atoms with Gasteiger partial charge in [-0.2, -0.15) is 0 Å². The third-order valence-electron chi connectivity index (χ3n) is 5.13. The van der Waals surface area contributed by atoms with Crippen molar-refractivity contribution >= 4 is 40.1 Å². The molecule has 0 saturated heterocycles. The highest BCUT2D eigenvalue weighted by molar-refractivity contribution is 14.1. The van der Waals surface area contributed by atoms with Crippen molar-refractivity contribution in [3.8, 4) is 11.5 Å². The minimum Gasteiger partial charge on any atom is -0.497 e. The fraction of sp³-hybridized carbons (Fsp3) is 0.222. The topological polar surface area (TPSA) is 81.7 Å². The summed E-state index contributed by atoms with van der Waals surface area (Å²) in [6.45, 7) is -0.216. The maximum atomic E-state index is 12.6. The van der Waals surface area contributed by atoms with Gasteiger partial charge in [-0.3, -0.25) is 14.4 Å². The first kappa shape index (κ1) is 25.4. The maximum absolute atomic E-state index is 12.6. The second-order valence-electron chi connectivity index (χ2n) is 7.70. The molecule has 0 unspecified atom stereocenters. The highest BCUT2D eigenvalue weighted by atomic mass is 127. The number of hydrogen-bond donors (Lipinski definition) is 1. The van der Waals surface area contributed by atoms with E-state index in [1.54, 1.807) is 31.4 Å². The molecule has 176 valence electrons. The van der Waals surface area contributed by atoms with Crippen LogP contribution in [0.5, 0.6) is 11.5 Å². The first-order valence-corrected chi connectivity index (χ1v) is 11.9. The molecule has 0 aliphatic heterocycles. The fourth-order valence-corrected chi connectivity index (χ4v) is 3.62. The molecule has 3 rings (SSSR count). The molecule has 0 atom stereocenters. The van der Waals surface area contributed by atoms with Gasteiger partial charge in [0.2, 0.25) is 0 Å². The monoisotopic (exact) mass is 571 g/mol. The number of Topliss-reactive ketones (excluding diaryl/α,β-unsaturated/α-hetero) is 2. The lowest BCUT2D eigenvalue weighted by Gasteiger charge is -2.11. The van der Waals surface area contributed by atoms with Gasteiger partial charge in [0.15, 0.2) is 11.6 Å². The van der Waals surface area contributed by atoms with E-state index < -0.39 is 5.91 Å². The predicted octanol–water partition coefficient (Wildman–Crippen LogP) is 4.42. The summed E-state index contributed by atoms with van der Waals surface area (Å²) in [6, 6.07) is 21.9. The van der Waals surface area contributed by atoms with Gasteiger partial charge in [0.05, 0.1) is 19.2 Å². The molecule has 0 aliphatic carbocycles. The summed E-state index contributed by atoms with van der Waals surface area (Å²) in [6.07, 6.45) is 1.16. The summed E-state index contributed by atoms with van der Waals surface area (Å²) in [5.41, 5.74) is 2.22. The highest BCUT2D eigenvalue weighted by Gasteiger charge is 2.15. The van der Waals surface area contributed by atoms with Crippen molar-refractivity contribution in [1.82, 2.24) is 5.32 Å². The Morgan fingerprint density at radius 2 is 1.53 bits per heavy atom. The lowest BCUT2D eigenvalue weighted by molar-refractivity contribution is -0.120. The molecule has 6 nitrogen and oxygen atoms in total. The maximum Gasteiger partial charge on any atom is 0.255 e. The first-order chi connectivity index (χ1) is 16.4. The van der Waals surface area contributed by atoms with Crippen LogP contribution in [-0.2, 0) is 22.4 Å². The number of methoxy groups -OCH3 is 1. The molecule has 0 spiro atoms. The molecular formula is C27H26INO5. The number of halogens is 1. The van der Waals surface area contributed by atoms with Crippen LogP contribution in [0.1, 0.15) is 27.9 Å². The average Bonchev–Trinajstić information content (AvgIpc) is 2.86. The van der Waals surface area contributed by atoms with Crippen LogP contribution in [0.15, 0.2) is 72.8 Å². The number of para-hydroxylation sites is 1. The molecular weight excluding hydrogens is 545 g/mol. The minimum absolute atomic E-state index is 0.0738. The SMILES string of the molecule is COc1ccc(CCC(=O)CNC(=O)c2ccccc2OCC(=O)Cc2ccc(I)cc2)cc1. The summed E-state index contributed by atoms with van der Waals surface area (Å²) in [5, 5.41) is 2.65. The third-order valence-corrected chi connectivity index (χ3v) is 5.85. The zero-order chi connectivity index (χ0) is 24.3. The van der Waals surface area contributed by atoms with E-state index in [0.717, 1.165) is 20.4 Å². The fourth-order valence-electron chi connectivity index (χ4n) is 3.26. The smallest absolute Gasteiger partial charge is 0.255 e. The molecule has 0 fully saturated rings. The van der Waals surface area contributed by atoms with Crippen molar-refractivity contribution in [2.75, 3.05) is 20.3 Å². The van der Waals surface area contributed by atoms with Crippen LogP contribution in [0.3, 0.4) is 0 Å². The van der Waals surface area contributed by atoms with Crippen molar-refractivity contribution in [3.63, 3.8) is 0 Å². The van der Waals surface area contributed by atoms with Crippen molar-refractivity contribution in [3.05, 3.63) is 93.1 Å². The summed E-state index contributed by atoms with van der Waals surface area (Å²) in [5.74, 6) is 0.486. The summed E-state index contributed by atoms with van der Waals surface area (Å²) < 4.78 is 11.9. The van der Waals surface area contributed by atoms with E-state index in [0.29, 0.717) is 18.6 Å². The number of carbonyl (C=O) groups excluding carboxylic acids is 3. The van der Waals surface area contributed by atoms with Crippen molar-refractivity contribution < 1.29 is 23.9 Å². The molecule has 0 saturated carbocycles. The van der Waals surface area contributed by atoms with Crippen LogP contribution in [0.2, 0.25) is 0 Å². The summed E-state index contributed by atoms with van der Waals surface area (Å²) >= 11 is 2.21. The van der Waals surface area contributed by atoms with E-state index in [2.05, 4.69) is 27.9 Å². The van der Waals surface area contributed by atoms with Gasteiger partial charge in [0.25, 0.3) is 5.91 Å². The summed E-state index contributed by atoms with van der Waals surface area (Å²) in [4.78, 5) is 37.2. The lowest BCUT2D eigenvalue weighted by Crippen LogP contribution is -2.30. The normalized spacial score (nSPS) is 10.4. The number of nitrogens with one attached hydrogen (secondary N) is 1. The van der Waals surface area contributed by atoms with Crippen LogP contribution in [0.4, 0.5) is 0 Å². The number of ketones is 2. The molecule has 1 amide bonds. The molecule has 0 radical (unpaired) electrons. The summed E-state index contributed by atoms with van der Waals surface area (Å²) in [7, 11) is 1.60. The Hall–Kier alpha value is -3.20. The van der Waals surface area contributed by atoms with Crippen LogP contribution < -0.4 is 14.8 Å². The van der Waals surface area contributed by atoms with Gasteiger partial charge >= 0.3 is 0 Å². The van der Waals surface area contributed by atoms with Crippen LogP contribution in [-0.4, -0.2) is 37.7 Å². The number of rotatable bonds is 12. The Morgan fingerprint density at radius 3 is 2.24 bits per heavy atom. The van der Waals surface area contributed by atoms with Gasteiger partial charge in [-0.15, -0.1) is 0 Å². The Bertz CT molecular complexity index is 1130. The Morgan fingerprint density at radius 1 is 0.853 bits per heavy atom. The Balaban J connectivity index is 1.47. The van der Waals surface area contributed by atoms with Crippen LogP contribution in [0, 0.1) is 3.57 Å². The number of carbonyl (C=O) groups is 3. The molecule has 3 aromatic carbocycles. The van der Waals surface area contributed by atoms with Gasteiger partial charge in [0, 0.05) is 16.4 Å². The molecule has 0 bridgehead atoms. The second-order valence-corrected chi connectivity index (χ2v) is 8.94. The van der Waals surface area contributed by atoms with Crippen LogP contribution >= 0.6 is 22.6 Å². The van der Waals surface area contributed by atoms with E-state index in [9.17, 15) is 14.4 Å². The molecule has 0 aliphatic rings. The number of hydrogen-bond acceptors (Lipinski definition) is 5. The number of aryl methyl sites for hydroxylation is 1. The quantitative estimate of drug-likeness (QED) is 0.326. The van der Waals surface area contributed by atoms with E-state index >= 15 is 0 Å². The molecule has 3 aromatic rings. The molecule has 1 N–H and O–H groups in total. The molecule has 7 heteroatoms. The Labute approximate surface area is 212 Å². The van der Waals surface area contributed by atoms with E-state index in [-0.39, 0.29) is 36.7 Å². The number of ether oxygens (including phenoxy) is 2. The van der Waals surface area contributed by atoms with Crippen molar-refractivity contribution in [2.45, 2.75) is 19.3 Å². The van der Waals surface area contributed by atoms with Gasteiger partial charge in [-0.05, 0) is 76.5 Å². The number of amides is 1.